The predicted octanol–water partition coefficient (Wildman–Crippen LogP) is 2.13. The summed E-state index contributed by atoms with van der Waals surface area (Å²) >= 11 is 5.47. The minimum atomic E-state index is -0.351. The molecule has 25 heavy (non-hydrogen) atoms. The molecule has 1 fully saturated rings. The number of carbonyl (C=O) groups excluding carboxylic acids is 1. The molecule has 134 valence electrons. The van der Waals surface area contributed by atoms with E-state index in [-0.39, 0.29) is 18.1 Å². The highest BCUT2D eigenvalue weighted by Gasteiger charge is 2.29. The zero-order valence-corrected chi connectivity index (χ0v) is 15.0. The van der Waals surface area contributed by atoms with Gasteiger partial charge in [-0.2, -0.15) is 5.10 Å². The van der Waals surface area contributed by atoms with E-state index in [9.17, 15) is 9.18 Å². The molecule has 6 nitrogen and oxygen atoms in total. The van der Waals surface area contributed by atoms with Crippen LogP contribution in [0.2, 0.25) is 0 Å². The van der Waals surface area contributed by atoms with Crippen molar-refractivity contribution in [3.63, 3.8) is 0 Å². The zero-order valence-electron chi connectivity index (χ0n) is 14.2. The van der Waals surface area contributed by atoms with E-state index in [0.717, 1.165) is 30.8 Å². The van der Waals surface area contributed by atoms with E-state index in [1.807, 2.05) is 11.6 Å². The van der Waals surface area contributed by atoms with Crippen LogP contribution in [0.5, 0.6) is 0 Å². The zero-order chi connectivity index (χ0) is 18.0. The Hall–Kier alpha value is -2.06. The van der Waals surface area contributed by atoms with Crippen LogP contribution in [-0.2, 0) is 31.5 Å². The molecule has 0 unspecified atom stereocenters. The Morgan fingerprint density at radius 1 is 1.40 bits per heavy atom. The molecule has 0 spiro atoms. The van der Waals surface area contributed by atoms with Crippen LogP contribution in [0.25, 0.3) is 0 Å². The lowest BCUT2D eigenvalue weighted by Gasteiger charge is -2.21. The average molecular weight is 363 g/mol. The van der Waals surface area contributed by atoms with Crippen LogP contribution in [0.4, 0.5) is 4.39 Å². The maximum Gasteiger partial charge on any atom is 0.217 e. The monoisotopic (exact) mass is 363 g/mol. The molecule has 0 radical (unpaired) electrons. The third-order valence-corrected chi connectivity index (χ3v) is 4.89. The summed E-state index contributed by atoms with van der Waals surface area (Å²) < 4.78 is 17.3. The smallest absolute Gasteiger partial charge is 0.217 e. The van der Waals surface area contributed by atoms with Gasteiger partial charge in [-0.15, -0.1) is 0 Å². The highest BCUT2D eigenvalue weighted by atomic mass is 32.1. The molecule has 1 aromatic heterocycles. The van der Waals surface area contributed by atoms with Gasteiger partial charge in [0.05, 0.1) is 6.67 Å². The molecule has 0 bridgehead atoms. The lowest BCUT2D eigenvalue weighted by molar-refractivity contribution is -0.118. The molecular formula is C17H22FN5OS. The number of carbonyl (C=O) groups is 1. The molecule has 1 aliphatic carbocycles. The van der Waals surface area contributed by atoms with Crippen molar-refractivity contribution in [3.05, 3.63) is 46.2 Å². The predicted molar refractivity (Wildman–Crippen MR) is 94.5 cm³/mol. The molecule has 1 aromatic carbocycles. The summed E-state index contributed by atoms with van der Waals surface area (Å²) in [4.78, 5) is 13.3. The van der Waals surface area contributed by atoms with Crippen LogP contribution < -0.4 is 5.73 Å². The number of rotatable bonds is 8. The Balaban J connectivity index is 1.74. The Morgan fingerprint density at radius 3 is 2.68 bits per heavy atom. The number of amides is 1. The van der Waals surface area contributed by atoms with E-state index in [1.165, 1.54) is 12.1 Å². The summed E-state index contributed by atoms with van der Waals surface area (Å²) in [5, 5.41) is 4.55. The van der Waals surface area contributed by atoms with Crippen molar-refractivity contribution >= 4 is 18.1 Å². The van der Waals surface area contributed by atoms with Crippen molar-refractivity contribution < 1.29 is 9.18 Å². The molecule has 1 aliphatic rings. The summed E-state index contributed by atoms with van der Waals surface area (Å²) in [6.07, 6.45) is 3.02. The Morgan fingerprint density at radius 2 is 2.08 bits per heavy atom. The van der Waals surface area contributed by atoms with Crippen molar-refractivity contribution in [3.8, 4) is 0 Å². The standard InChI is InChI=1S/C17H22FN5OS/c1-21-16(9-8-15(19)24)20-23(17(21)25)11-22(14-6-7-14)10-12-2-4-13(18)5-3-12/h2-5,14H,6-11H2,1H3,(H2,19,24). The van der Waals surface area contributed by atoms with Crippen LogP contribution in [0.1, 0.15) is 30.7 Å². The van der Waals surface area contributed by atoms with Crippen LogP contribution >= 0.6 is 12.2 Å². The maximum atomic E-state index is 13.1. The molecule has 1 saturated carbocycles. The van der Waals surface area contributed by atoms with Gasteiger partial charge in [-0.3, -0.25) is 9.69 Å². The van der Waals surface area contributed by atoms with Crippen molar-refractivity contribution in [2.45, 2.75) is 44.9 Å². The summed E-state index contributed by atoms with van der Waals surface area (Å²) in [6, 6.07) is 7.08. The minimum absolute atomic E-state index is 0.229. The second-order valence-corrected chi connectivity index (χ2v) is 6.83. The molecule has 1 heterocycles. The number of primary amides is 1. The highest BCUT2D eigenvalue weighted by molar-refractivity contribution is 7.71. The van der Waals surface area contributed by atoms with E-state index in [1.54, 1.807) is 16.8 Å². The molecule has 1 amide bonds. The lowest BCUT2D eigenvalue weighted by atomic mass is 10.2. The fourth-order valence-corrected chi connectivity index (χ4v) is 3.01. The number of hydrogen-bond donors (Lipinski definition) is 1. The Labute approximate surface area is 151 Å². The summed E-state index contributed by atoms with van der Waals surface area (Å²) in [5.41, 5.74) is 6.28. The summed E-state index contributed by atoms with van der Waals surface area (Å²) in [5.74, 6) is 0.172. The van der Waals surface area contributed by atoms with Crippen LogP contribution in [-0.4, -0.2) is 31.2 Å². The van der Waals surface area contributed by atoms with Crippen LogP contribution in [0.15, 0.2) is 24.3 Å². The SMILES string of the molecule is Cn1c(CCC(N)=O)nn(CN(Cc2ccc(F)cc2)C2CC2)c1=S. The molecular weight excluding hydrogens is 341 g/mol. The number of hydrogen-bond acceptors (Lipinski definition) is 4. The minimum Gasteiger partial charge on any atom is -0.370 e. The Bertz CT molecular complexity index is 809. The van der Waals surface area contributed by atoms with E-state index >= 15 is 0 Å². The number of halogens is 1. The van der Waals surface area contributed by atoms with Gasteiger partial charge in [0.2, 0.25) is 5.91 Å². The fourth-order valence-electron chi connectivity index (χ4n) is 2.81. The normalized spacial score (nSPS) is 14.2. The molecule has 2 N–H and O–H groups in total. The first-order chi connectivity index (χ1) is 11.9. The average Bonchev–Trinajstić information content (AvgIpc) is 3.38. The van der Waals surface area contributed by atoms with Gasteiger partial charge in [0.25, 0.3) is 0 Å². The highest BCUT2D eigenvalue weighted by Crippen LogP contribution is 2.29. The third-order valence-electron chi connectivity index (χ3n) is 4.40. The van der Waals surface area contributed by atoms with E-state index in [4.69, 9.17) is 18.0 Å². The molecule has 0 atom stereocenters. The molecule has 2 aromatic rings. The van der Waals surface area contributed by atoms with Gasteiger partial charge < -0.3 is 10.3 Å². The van der Waals surface area contributed by atoms with Crippen LogP contribution in [0, 0.1) is 10.6 Å². The second kappa shape index (κ2) is 7.45. The first kappa shape index (κ1) is 17.8. The van der Waals surface area contributed by atoms with Gasteiger partial charge in [-0.25, -0.2) is 9.07 Å². The molecule has 3 rings (SSSR count). The van der Waals surface area contributed by atoms with E-state index < -0.39 is 0 Å². The number of aryl methyl sites for hydroxylation is 1. The molecule has 0 aliphatic heterocycles. The number of benzene rings is 1. The van der Waals surface area contributed by atoms with E-state index in [2.05, 4.69) is 10.00 Å². The fraction of sp³-hybridized carbons (Fsp3) is 0.471. The van der Waals surface area contributed by atoms with Gasteiger partial charge >= 0.3 is 0 Å². The summed E-state index contributed by atoms with van der Waals surface area (Å²) in [6.45, 7) is 1.30. The van der Waals surface area contributed by atoms with Gasteiger partial charge in [0, 0.05) is 32.5 Å². The van der Waals surface area contributed by atoms with Gasteiger partial charge in [0.1, 0.15) is 11.6 Å². The molecule has 0 saturated heterocycles. The molecule has 8 heteroatoms. The first-order valence-electron chi connectivity index (χ1n) is 8.33. The van der Waals surface area contributed by atoms with Crippen molar-refractivity contribution in [1.29, 1.82) is 0 Å². The summed E-state index contributed by atoms with van der Waals surface area (Å²) in [7, 11) is 1.85. The lowest BCUT2D eigenvalue weighted by Crippen LogP contribution is -2.29. The van der Waals surface area contributed by atoms with Gasteiger partial charge in [0.15, 0.2) is 4.77 Å². The number of nitrogens with two attached hydrogens (primary N) is 1. The first-order valence-corrected chi connectivity index (χ1v) is 8.74. The number of aromatic nitrogens is 3. The van der Waals surface area contributed by atoms with Crippen molar-refractivity contribution in [2.24, 2.45) is 12.8 Å². The van der Waals surface area contributed by atoms with E-state index in [0.29, 0.717) is 23.9 Å². The van der Waals surface area contributed by atoms with Crippen molar-refractivity contribution in [1.82, 2.24) is 19.2 Å². The Kier molecular flexibility index (Phi) is 5.29. The second-order valence-electron chi connectivity index (χ2n) is 6.47. The third kappa shape index (κ3) is 4.52. The van der Waals surface area contributed by atoms with Crippen molar-refractivity contribution in [2.75, 3.05) is 0 Å². The quantitative estimate of drug-likeness (QED) is 0.730. The van der Waals surface area contributed by atoms with Crippen LogP contribution in [0.3, 0.4) is 0 Å². The van der Waals surface area contributed by atoms with Gasteiger partial charge in [-0.1, -0.05) is 12.1 Å². The number of nitrogens with zero attached hydrogens (tertiary/aromatic N) is 4. The largest absolute Gasteiger partial charge is 0.370 e. The van der Waals surface area contributed by atoms with Gasteiger partial charge in [-0.05, 0) is 42.8 Å². The maximum absolute atomic E-state index is 13.1. The topological polar surface area (TPSA) is 69.1 Å².